The molecule has 1 amide bonds. The lowest BCUT2D eigenvalue weighted by Crippen LogP contribution is -2.12. The minimum Gasteiger partial charge on any atom is -0.505 e. The normalized spacial score (nSPS) is 9.31. The third-order valence-corrected chi connectivity index (χ3v) is 10.6. The van der Waals surface area contributed by atoms with Crippen molar-refractivity contribution in [2.75, 3.05) is 32.4 Å². The van der Waals surface area contributed by atoms with Crippen molar-refractivity contribution in [2.45, 2.75) is 12.8 Å². The fraction of sp³-hybridized carbons (Fsp3) is 0.143. The number of nitriles is 4. The highest BCUT2D eigenvalue weighted by Crippen LogP contribution is 2.29. The number of nitrogen functional groups attached to an aromatic ring is 1. The van der Waals surface area contributed by atoms with Gasteiger partial charge in [-0.05, 0) is 45.8 Å². The summed E-state index contributed by atoms with van der Waals surface area (Å²) in [5.41, 5.74) is 6.31. The highest BCUT2D eigenvalue weighted by atomic mass is 35.5. The quantitative estimate of drug-likeness (QED) is 0.100. The predicted molar refractivity (Wildman–Crippen MR) is 218 cm³/mol. The largest absolute Gasteiger partial charge is 0.505 e. The first kappa shape index (κ1) is 47.1. The van der Waals surface area contributed by atoms with Crippen molar-refractivity contribution >= 4 is 113 Å². The number of aromatic nitrogens is 2. The predicted octanol–water partition coefficient (Wildman–Crippen LogP) is 5.86. The SMILES string of the molecule is COC(=O)CC#N.COC(=O)c1sccc1N.COC(=O)c1sccc1NC(=O)CC#N.N#Cc1c(Cl)c2sccc2[nH]c1=O.N#Cc1c(O)c2sccc2[nH]c1=O. The molecule has 0 unspecified atom stereocenters. The lowest BCUT2D eigenvalue weighted by Gasteiger charge is -2.02. The number of anilines is 2. The first-order valence-corrected chi connectivity index (χ1v) is 19.2. The number of esters is 3. The van der Waals surface area contributed by atoms with Gasteiger partial charge in [0.05, 0.1) is 70.3 Å². The standard InChI is InChI=1S/C9H8N2O3S.C8H3ClN2OS.C8H4N2O2S.C6H7NO2S.C4H5NO2/c1-14-9(13)8-6(3-5-15-8)11-7(12)2-4-10;9-6-4(3-10)8(12)11-5-1-2-13-7(5)6;9-3-4-6(11)7-5(1-2-13-7)10-8(4)12;1-9-6(8)5-4(7)2-3-10-5;1-7-4(6)2-3-5/h3,5H,2H2,1H3,(H,11,12);1-2H,(H,11,12);1-2H,(H2,10,11,12);2-3H,7H2,1H3;2H2,1H3. The molecule has 0 spiro atoms. The second kappa shape index (κ2) is 23.8. The van der Waals surface area contributed by atoms with Gasteiger partial charge in [0, 0.05) is 0 Å². The Morgan fingerprint density at radius 2 is 1.24 bits per heavy atom. The van der Waals surface area contributed by atoms with Crippen molar-refractivity contribution in [3.8, 4) is 30.0 Å². The number of methoxy groups -OCH3 is 3. The number of nitrogens with zero attached hydrogens (tertiary/aromatic N) is 4. The number of fused-ring (bicyclic) bond motifs is 2. The summed E-state index contributed by atoms with van der Waals surface area (Å²) in [6, 6.07) is 13.5. The van der Waals surface area contributed by atoms with Gasteiger partial charge < -0.3 is 40.3 Å². The zero-order chi connectivity index (χ0) is 43.4. The molecule has 298 valence electrons. The molecule has 0 bridgehead atoms. The minimum atomic E-state index is -0.550. The number of aromatic hydroxyl groups is 1. The third kappa shape index (κ3) is 13.0. The molecule has 0 aromatic carbocycles. The number of nitrogens with one attached hydrogen (secondary N) is 3. The van der Waals surface area contributed by atoms with E-state index in [4.69, 9.17) is 38.4 Å². The molecule has 0 aliphatic heterocycles. The highest BCUT2D eigenvalue weighted by Gasteiger charge is 2.15. The zero-order valence-electron chi connectivity index (χ0n) is 30.0. The van der Waals surface area contributed by atoms with Crippen LogP contribution in [0.3, 0.4) is 0 Å². The smallest absolute Gasteiger partial charge is 0.350 e. The number of aromatic amines is 2. The second-order valence-corrected chi connectivity index (χ2v) is 14.1. The second-order valence-electron chi connectivity index (χ2n) is 10.0. The molecular formula is C35H27ClN8O10S4. The molecule has 0 saturated carbocycles. The maximum absolute atomic E-state index is 11.2. The molecule has 6 heterocycles. The van der Waals surface area contributed by atoms with Crippen LogP contribution in [-0.2, 0) is 23.8 Å². The third-order valence-electron chi connectivity index (χ3n) is 6.44. The van der Waals surface area contributed by atoms with Gasteiger partial charge in [0.2, 0.25) is 5.91 Å². The maximum atomic E-state index is 11.2. The number of pyridine rings is 2. The van der Waals surface area contributed by atoms with Crippen molar-refractivity contribution in [2.24, 2.45) is 0 Å². The van der Waals surface area contributed by atoms with E-state index in [1.807, 2.05) is 5.38 Å². The topological polar surface area (TPSA) is 315 Å². The summed E-state index contributed by atoms with van der Waals surface area (Å²) in [5, 5.41) is 52.5. The van der Waals surface area contributed by atoms with Gasteiger partial charge in [-0.1, -0.05) is 11.6 Å². The van der Waals surface area contributed by atoms with E-state index < -0.39 is 29.0 Å². The Kier molecular flexibility index (Phi) is 19.3. The van der Waals surface area contributed by atoms with Crippen LogP contribution in [0.25, 0.3) is 20.4 Å². The van der Waals surface area contributed by atoms with Crippen molar-refractivity contribution in [3.63, 3.8) is 0 Å². The number of thiophene rings is 4. The first-order chi connectivity index (χ1) is 27.7. The molecule has 0 fully saturated rings. The summed E-state index contributed by atoms with van der Waals surface area (Å²) >= 11 is 11.0. The molecule has 6 rings (SSSR count). The van der Waals surface area contributed by atoms with Gasteiger partial charge in [0.1, 0.15) is 40.3 Å². The van der Waals surface area contributed by atoms with Gasteiger partial charge in [-0.2, -0.15) is 21.0 Å². The molecule has 0 aliphatic rings. The molecule has 23 heteroatoms. The van der Waals surface area contributed by atoms with Crippen LogP contribution in [0.15, 0.2) is 55.4 Å². The summed E-state index contributed by atoms with van der Waals surface area (Å²) in [7, 11) is 3.85. The molecule has 0 aliphatic carbocycles. The molecular weight excluding hydrogens is 856 g/mol. The average Bonchev–Trinajstić information content (AvgIpc) is 4.05. The van der Waals surface area contributed by atoms with Crippen molar-refractivity contribution < 1.29 is 38.5 Å². The Labute approximate surface area is 348 Å². The number of hydrogen-bond donors (Lipinski definition) is 5. The molecule has 18 nitrogen and oxygen atoms in total. The van der Waals surface area contributed by atoms with Crippen LogP contribution in [0.2, 0.25) is 5.02 Å². The van der Waals surface area contributed by atoms with E-state index >= 15 is 0 Å². The lowest BCUT2D eigenvalue weighted by atomic mass is 10.2. The Balaban J connectivity index is 0.000000255. The minimum absolute atomic E-state index is 0.0170. The summed E-state index contributed by atoms with van der Waals surface area (Å²) in [6.07, 6.45) is -0.396. The van der Waals surface area contributed by atoms with Crippen molar-refractivity contribution in [3.05, 3.63) is 92.4 Å². The number of amides is 1. The van der Waals surface area contributed by atoms with Gasteiger partial charge in [0.15, 0.2) is 11.3 Å². The number of carbonyl (C=O) groups excluding carboxylic acids is 4. The zero-order valence-corrected chi connectivity index (χ0v) is 34.1. The molecule has 6 aromatic heterocycles. The maximum Gasteiger partial charge on any atom is 0.350 e. The number of H-pyrrole nitrogens is 2. The molecule has 0 radical (unpaired) electrons. The van der Waals surface area contributed by atoms with E-state index in [-0.39, 0.29) is 40.7 Å². The van der Waals surface area contributed by atoms with Crippen molar-refractivity contribution in [1.29, 1.82) is 21.0 Å². The van der Waals surface area contributed by atoms with Gasteiger partial charge in [-0.15, -0.1) is 45.3 Å². The Morgan fingerprint density at radius 1 is 0.741 bits per heavy atom. The van der Waals surface area contributed by atoms with E-state index in [1.165, 1.54) is 66.7 Å². The van der Waals surface area contributed by atoms with E-state index in [2.05, 4.69) is 29.5 Å². The van der Waals surface area contributed by atoms with Gasteiger partial charge in [0.25, 0.3) is 11.1 Å². The number of halogens is 1. The fourth-order valence-corrected chi connectivity index (χ4v) is 7.27. The van der Waals surface area contributed by atoms with Crippen LogP contribution in [0.5, 0.6) is 5.75 Å². The van der Waals surface area contributed by atoms with E-state index in [0.29, 0.717) is 36.9 Å². The molecule has 58 heavy (non-hydrogen) atoms. The molecule has 0 saturated heterocycles. The summed E-state index contributed by atoms with van der Waals surface area (Å²) in [6.45, 7) is 0. The van der Waals surface area contributed by atoms with E-state index in [0.717, 1.165) is 4.70 Å². The number of ether oxygens (including phenoxy) is 3. The van der Waals surface area contributed by atoms with Gasteiger partial charge >= 0.3 is 17.9 Å². The molecule has 6 N–H and O–H groups in total. The van der Waals surface area contributed by atoms with Gasteiger partial charge in [-0.3, -0.25) is 19.2 Å². The molecule has 0 atom stereocenters. The number of hydrogen-bond acceptors (Lipinski definition) is 19. The molecule has 6 aromatic rings. The van der Waals surface area contributed by atoms with Crippen LogP contribution in [0.1, 0.15) is 43.3 Å². The van der Waals surface area contributed by atoms with E-state index in [9.17, 15) is 33.9 Å². The average molecular weight is 883 g/mol. The summed E-state index contributed by atoms with van der Waals surface area (Å²) < 4.78 is 14.4. The number of rotatable bonds is 5. The van der Waals surface area contributed by atoms with Crippen molar-refractivity contribution in [1.82, 2.24) is 9.97 Å². The first-order valence-electron chi connectivity index (χ1n) is 15.3. The van der Waals surface area contributed by atoms with E-state index in [1.54, 1.807) is 64.7 Å². The van der Waals surface area contributed by atoms with Crippen LogP contribution >= 0.6 is 56.9 Å². The lowest BCUT2D eigenvalue weighted by molar-refractivity contribution is -0.139. The van der Waals surface area contributed by atoms with Crippen LogP contribution in [-0.4, -0.2) is 60.2 Å². The summed E-state index contributed by atoms with van der Waals surface area (Å²) in [5.74, 6) is -2.02. The monoisotopic (exact) mass is 882 g/mol. The number of carbonyl (C=O) groups is 4. The Bertz CT molecular complexity index is 2600. The van der Waals surface area contributed by atoms with Crippen LogP contribution < -0.4 is 22.2 Å². The Morgan fingerprint density at radius 3 is 1.74 bits per heavy atom. The van der Waals surface area contributed by atoms with Crippen LogP contribution in [0.4, 0.5) is 11.4 Å². The summed E-state index contributed by atoms with van der Waals surface area (Å²) in [4.78, 5) is 71.3. The van der Waals surface area contributed by atoms with Crippen LogP contribution in [0, 0.1) is 45.3 Å². The highest BCUT2D eigenvalue weighted by molar-refractivity contribution is 7.18. The fourth-order valence-electron chi connectivity index (χ4n) is 3.82. The van der Waals surface area contributed by atoms with Gasteiger partial charge in [-0.25, -0.2) is 9.59 Å². The number of nitrogens with two attached hydrogens (primary N) is 1. The Hall–Kier alpha value is -7.05.